The van der Waals surface area contributed by atoms with E-state index in [-0.39, 0.29) is 13.1 Å². The zero-order valence-corrected chi connectivity index (χ0v) is 11.7. The van der Waals surface area contributed by atoms with Crippen molar-refractivity contribution in [1.82, 2.24) is 4.98 Å². The van der Waals surface area contributed by atoms with E-state index >= 15 is 0 Å². The van der Waals surface area contributed by atoms with E-state index in [0.29, 0.717) is 9.39 Å². The van der Waals surface area contributed by atoms with Crippen LogP contribution >= 0.6 is 22.6 Å². The van der Waals surface area contributed by atoms with Crippen LogP contribution in [0, 0.1) is 15.4 Å². The third-order valence-corrected chi connectivity index (χ3v) is 3.94. The third-order valence-electron chi connectivity index (χ3n) is 3.10. The smallest absolute Gasteiger partial charge is 0.394 e. The molecule has 0 amide bonds. The minimum atomic E-state index is -4.52. The molecule has 2 atom stereocenters. The molecule has 2 rings (SSSR count). The highest BCUT2D eigenvalue weighted by Crippen LogP contribution is 2.39. The Hall–Kier alpha value is -1.06. The summed E-state index contributed by atoms with van der Waals surface area (Å²) in [4.78, 5) is 16.4. The highest BCUT2D eigenvalue weighted by atomic mass is 127. The molecule has 8 heteroatoms. The summed E-state index contributed by atoms with van der Waals surface area (Å²) in [5, 5.41) is 8.93. The van der Waals surface area contributed by atoms with Crippen molar-refractivity contribution in [3.63, 3.8) is 0 Å². The topological polar surface area (TPSA) is 53.4 Å². The van der Waals surface area contributed by atoms with E-state index < -0.39 is 24.0 Å². The zero-order chi connectivity index (χ0) is 14.2. The van der Waals surface area contributed by atoms with Gasteiger partial charge in [0.05, 0.1) is 15.4 Å². The number of hydrogen-bond acceptors (Lipinski definition) is 3. The van der Waals surface area contributed by atoms with Gasteiger partial charge in [-0.2, -0.15) is 13.2 Å². The highest BCUT2D eigenvalue weighted by molar-refractivity contribution is 14.1. The summed E-state index contributed by atoms with van der Waals surface area (Å²) < 4.78 is 39.2. The molecule has 1 aliphatic rings. The van der Waals surface area contributed by atoms with Gasteiger partial charge < -0.3 is 10.0 Å². The molecular formula is C11H10F3IN2O2. The number of aliphatic carboxylic acids is 1. The van der Waals surface area contributed by atoms with Gasteiger partial charge in [-0.1, -0.05) is 0 Å². The molecule has 1 fully saturated rings. The fourth-order valence-electron chi connectivity index (χ4n) is 2.17. The number of aromatic nitrogens is 1. The maximum absolute atomic E-state index is 12.8. The third kappa shape index (κ3) is 2.93. The maximum atomic E-state index is 12.8. The van der Waals surface area contributed by atoms with Gasteiger partial charge in [0, 0.05) is 19.3 Å². The van der Waals surface area contributed by atoms with E-state index in [0.717, 1.165) is 0 Å². The minimum Gasteiger partial charge on any atom is -0.481 e. The van der Waals surface area contributed by atoms with Crippen LogP contribution in [0.15, 0.2) is 18.3 Å². The lowest BCUT2D eigenvalue weighted by atomic mass is 9.96. The molecule has 0 radical (unpaired) electrons. The van der Waals surface area contributed by atoms with Crippen molar-refractivity contribution in [2.45, 2.75) is 6.18 Å². The summed E-state index contributed by atoms with van der Waals surface area (Å²) in [6, 6.07) is 3.40. The van der Waals surface area contributed by atoms with Gasteiger partial charge in [0.25, 0.3) is 0 Å². The summed E-state index contributed by atoms with van der Waals surface area (Å²) in [5.74, 6) is -4.32. The van der Waals surface area contributed by atoms with Crippen LogP contribution in [-0.4, -0.2) is 35.3 Å². The van der Waals surface area contributed by atoms with Gasteiger partial charge in [-0.15, -0.1) is 0 Å². The van der Waals surface area contributed by atoms with E-state index in [1.54, 1.807) is 12.1 Å². The summed E-state index contributed by atoms with van der Waals surface area (Å²) in [6.45, 7) is -0.542. The normalized spacial score (nSPS) is 23.7. The first kappa shape index (κ1) is 14.4. The van der Waals surface area contributed by atoms with E-state index in [1.165, 1.54) is 11.1 Å². The predicted octanol–water partition coefficient (Wildman–Crippen LogP) is 2.39. The van der Waals surface area contributed by atoms with E-state index in [4.69, 9.17) is 5.11 Å². The second-order valence-electron chi connectivity index (χ2n) is 4.31. The zero-order valence-electron chi connectivity index (χ0n) is 9.56. The Labute approximate surface area is 120 Å². The average Bonchev–Trinajstić information content (AvgIpc) is 2.74. The first-order chi connectivity index (χ1) is 8.80. The van der Waals surface area contributed by atoms with Gasteiger partial charge in [-0.25, -0.2) is 4.98 Å². The van der Waals surface area contributed by atoms with Crippen molar-refractivity contribution >= 4 is 34.4 Å². The Bertz CT molecular complexity index is 495. The number of carboxylic acids is 1. The number of rotatable bonds is 2. The number of alkyl halides is 3. The van der Waals surface area contributed by atoms with Gasteiger partial charge in [-0.3, -0.25) is 4.79 Å². The van der Waals surface area contributed by atoms with Crippen molar-refractivity contribution < 1.29 is 23.1 Å². The number of carbonyl (C=O) groups is 1. The molecule has 0 aromatic carbocycles. The molecule has 4 nitrogen and oxygen atoms in total. The second kappa shape index (κ2) is 5.14. The summed E-state index contributed by atoms with van der Waals surface area (Å²) in [5.41, 5.74) is 0. The summed E-state index contributed by atoms with van der Waals surface area (Å²) in [6.07, 6.45) is -3.04. The second-order valence-corrected chi connectivity index (χ2v) is 5.47. The van der Waals surface area contributed by atoms with Gasteiger partial charge >= 0.3 is 12.1 Å². The van der Waals surface area contributed by atoms with Crippen LogP contribution in [0.1, 0.15) is 0 Å². The summed E-state index contributed by atoms with van der Waals surface area (Å²) >= 11 is 1.97. The minimum absolute atomic E-state index is 0.174. The molecule has 19 heavy (non-hydrogen) atoms. The van der Waals surface area contributed by atoms with Crippen molar-refractivity contribution in [2.75, 3.05) is 18.0 Å². The lowest BCUT2D eigenvalue weighted by molar-refractivity contribution is -0.187. The lowest BCUT2D eigenvalue weighted by Gasteiger charge is -2.19. The van der Waals surface area contributed by atoms with Gasteiger partial charge in [0.15, 0.2) is 0 Å². The molecular weight excluding hydrogens is 376 g/mol. The molecule has 104 valence electrons. The van der Waals surface area contributed by atoms with Gasteiger partial charge in [0.2, 0.25) is 0 Å². The number of anilines is 1. The number of pyridine rings is 1. The van der Waals surface area contributed by atoms with Crippen molar-refractivity contribution in [3.8, 4) is 0 Å². The van der Waals surface area contributed by atoms with E-state index in [9.17, 15) is 18.0 Å². The summed E-state index contributed by atoms with van der Waals surface area (Å²) in [7, 11) is 0. The number of hydrogen-bond donors (Lipinski definition) is 1. The first-order valence-corrected chi connectivity index (χ1v) is 6.53. The fraction of sp³-hybridized carbons (Fsp3) is 0.455. The van der Waals surface area contributed by atoms with Crippen LogP contribution in [0.5, 0.6) is 0 Å². The van der Waals surface area contributed by atoms with Crippen LogP contribution in [-0.2, 0) is 4.79 Å². The molecule has 0 spiro atoms. The number of halogens is 4. The number of carboxylic acid groups (broad SMARTS) is 1. The Morgan fingerprint density at radius 3 is 2.63 bits per heavy atom. The van der Waals surface area contributed by atoms with Crippen LogP contribution in [0.25, 0.3) is 0 Å². The van der Waals surface area contributed by atoms with Crippen LogP contribution in [0.4, 0.5) is 19.0 Å². The molecule has 1 aromatic rings. The molecule has 1 aliphatic heterocycles. The monoisotopic (exact) mass is 386 g/mol. The molecule has 1 saturated heterocycles. The van der Waals surface area contributed by atoms with Crippen molar-refractivity contribution in [1.29, 1.82) is 0 Å². The molecule has 1 aromatic heterocycles. The molecule has 0 unspecified atom stereocenters. The quantitative estimate of drug-likeness (QED) is 0.794. The Morgan fingerprint density at radius 2 is 2.16 bits per heavy atom. The largest absolute Gasteiger partial charge is 0.481 e. The standard InChI is InChI=1S/C11H10F3IN2O2/c12-11(13,14)7-5-17(4-6(7)10(18)19)9-8(15)2-1-3-16-9/h1-3,6-7H,4-5H2,(H,18,19)/t6-,7-/m1/s1. The van der Waals surface area contributed by atoms with Crippen LogP contribution in [0.3, 0.4) is 0 Å². The SMILES string of the molecule is O=C(O)[C@@H]1CN(c2ncccc2I)C[C@H]1C(F)(F)F. The Morgan fingerprint density at radius 1 is 1.47 bits per heavy atom. The molecule has 0 aliphatic carbocycles. The Balaban J connectivity index is 2.28. The molecule has 0 saturated carbocycles. The van der Waals surface area contributed by atoms with Gasteiger partial charge in [-0.05, 0) is 34.7 Å². The molecule has 0 bridgehead atoms. The van der Waals surface area contributed by atoms with Crippen LogP contribution in [0.2, 0.25) is 0 Å². The fourth-order valence-corrected chi connectivity index (χ4v) is 2.86. The van der Waals surface area contributed by atoms with E-state index in [2.05, 4.69) is 4.98 Å². The van der Waals surface area contributed by atoms with Crippen molar-refractivity contribution in [2.24, 2.45) is 11.8 Å². The maximum Gasteiger partial charge on any atom is 0.394 e. The van der Waals surface area contributed by atoms with Gasteiger partial charge in [0.1, 0.15) is 5.82 Å². The van der Waals surface area contributed by atoms with E-state index in [1.807, 2.05) is 22.6 Å². The van der Waals surface area contributed by atoms with Crippen molar-refractivity contribution in [3.05, 3.63) is 21.9 Å². The predicted molar refractivity (Wildman–Crippen MR) is 69.8 cm³/mol. The molecule has 1 N–H and O–H groups in total. The Kier molecular flexibility index (Phi) is 3.88. The first-order valence-electron chi connectivity index (χ1n) is 5.45. The molecule has 2 heterocycles. The number of nitrogens with zero attached hydrogens (tertiary/aromatic N) is 2. The average molecular weight is 386 g/mol. The van der Waals surface area contributed by atoms with Crippen LogP contribution < -0.4 is 4.90 Å². The highest BCUT2D eigenvalue weighted by Gasteiger charge is 2.53. The lowest BCUT2D eigenvalue weighted by Crippen LogP contribution is -2.33.